The first-order chi connectivity index (χ1) is 19.2. The molecule has 0 spiro atoms. The van der Waals surface area contributed by atoms with Crippen molar-refractivity contribution >= 4 is 20.2 Å². The summed E-state index contributed by atoms with van der Waals surface area (Å²) in [4.78, 5) is 15.7. The third-order valence-electron chi connectivity index (χ3n) is 4.42. The van der Waals surface area contributed by atoms with E-state index in [2.05, 4.69) is 19.9 Å². The zero-order valence-electron chi connectivity index (χ0n) is 22.4. The molecule has 1 atom stereocenters. The van der Waals surface area contributed by atoms with Crippen LogP contribution in [0, 0.1) is 0 Å². The van der Waals surface area contributed by atoms with Gasteiger partial charge in [-0.3, -0.25) is 19.9 Å². The molecule has 0 aliphatic heterocycles. The average Bonchev–Trinajstić information content (AvgIpc) is 2.87. The van der Waals surface area contributed by atoms with E-state index in [1.165, 1.54) is 0 Å². The molecule has 1 unspecified atom stereocenters. The third-order valence-corrected chi connectivity index (χ3v) is 5.56. The van der Waals surface area contributed by atoms with Crippen molar-refractivity contribution in [2.75, 3.05) is 0 Å². The molecule has 0 amide bonds. The van der Waals surface area contributed by atoms with Crippen molar-refractivity contribution in [2.45, 2.75) is 50.3 Å². The van der Waals surface area contributed by atoms with Gasteiger partial charge in [0.1, 0.15) is 0 Å². The van der Waals surface area contributed by atoms with Crippen molar-refractivity contribution in [3.8, 4) is 0 Å². The Morgan fingerprint density at radius 1 is 0.721 bits per heavy atom. The Kier molecular flexibility index (Phi) is 16.6. The van der Waals surface area contributed by atoms with E-state index in [1.54, 1.807) is 6.20 Å². The Hall–Kier alpha value is -2.61. The summed E-state index contributed by atoms with van der Waals surface area (Å²) < 4.78 is 124. The Bertz CT molecular complexity index is 1340. The minimum atomic E-state index is -6.09. The molecule has 11 nitrogen and oxygen atoms in total. The SMILES string of the molecule is CC(C)OC(c1ccccn1)N(Cc1ccccn1)Cc1ccccn1.O=S(=O)([O-])C(F)(F)F.O=S(=O)([O-])C(F)(F)F.[Zn+2]. The number of hydrogen-bond donors (Lipinski definition) is 0. The smallest absolute Gasteiger partial charge is 0.741 e. The molecule has 3 rings (SSSR count). The van der Waals surface area contributed by atoms with Crippen LogP contribution in [0.5, 0.6) is 0 Å². The molecule has 0 aliphatic carbocycles. The summed E-state index contributed by atoms with van der Waals surface area (Å²) in [6.07, 6.45) is 5.21. The van der Waals surface area contributed by atoms with Gasteiger partial charge in [-0.2, -0.15) is 26.3 Å². The molecular formula is C23H24F6N4O7S2Zn. The number of aromatic nitrogens is 3. The van der Waals surface area contributed by atoms with Gasteiger partial charge in [0.05, 0.1) is 23.2 Å². The van der Waals surface area contributed by atoms with Crippen LogP contribution in [0.3, 0.4) is 0 Å². The summed E-state index contributed by atoms with van der Waals surface area (Å²) in [5.74, 6) is 0. The molecule has 0 saturated heterocycles. The number of alkyl halides is 6. The Labute approximate surface area is 256 Å². The van der Waals surface area contributed by atoms with Gasteiger partial charge < -0.3 is 13.8 Å². The number of nitrogens with zero attached hydrogens (tertiary/aromatic N) is 4. The van der Waals surface area contributed by atoms with Gasteiger partial charge in [0.2, 0.25) is 0 Å². The molecule has 0 N–H and O–H groups in total. The summed E-state index contributed by atoms with van der Waals surface area (Å²) in [6, 6.07) is 17.8. The van der Waals surface area contributed by atoms with Crippen molar-refractivity contribution in [3.05, 3.63) is 90.3 Å². The normalized spacial score (nSPS) is 12.7. The van der Waals surface area contributed by atoms with Gasteiger partial charge in [-0.15, -0.1) is 0 Å². The second-order valence-corrected chi connectivity index (χ2v) is 10.9. The molecule has 3 aromatic rings. The minimum absolute atomic E-state index is 0. The van der Waals surface area contributed by atoms with Crippen LogP contribution in [0.25, 0.3) is 0 Å². The molecule has 0 aliphatic rings. The number of ether oxygens (including phenoxy) is 1. The van der Waals surface area contributed by atoms with E-state index < -0.39 is 31.3 Å². The maximum atomic E-state index is 10.7. The van der Waals surface area contributed by atoms with Crippen molar-refractivity contribution < 1.29 is 76.5 Å². The van der Waals surface area contributed by atoms with Crippen LogP contribution in [0.2, 0.25) is 0 Å². The van der Waals surface area contributed by atoms with Crippen LogP contribution in [-0.2, 0) is 57.5 Å². The average molecular weight is 712 g/mol. The first-order valence-corrected chi connectivity index (χ1v) is 14.2. The number of pyridine rings is 3. The van der Waals surface area contributed by atoms with Gasteiger partial charge in [0.25, 0.3) is 0 Å². The fourth-order valence-corrected chi connectivity index (χ4v) is 2.74. The topological polar surface area (TPSA) is 166 Å². The van der Waals surface area contributed by atoms with Crippen molar-refractivity contribution in [2.24, 2.45) is 0 Å². The molecule has 234 valence electrons. The summed E-state index contributed by atoms with van der Waals surface area (Å²) >= 11 is 0. The molecule has 0 bridgehead atoms. The van der Waals surface area contributed by atoms with Gasteiger partial charge >= 0.3 is 30.5 Å². The second-order valence-electron chi connectivity index (χ2n) is 8.14. The fraction of sp³-hybridized carbons (Fsp3) is 0.348. The fourth-order valence-electron chi connectivity index (χ4n) is 2.74. The van der Waals surface area contributed by atoms with Crippen molar-refractivity contribution in [1.82, 2.24) is 19.9 Å². The van der Waals surface area contributed by atoms with Gasteiger partial charge in [0, 0.05) is 31.7 Å². The van der Waals surface area contributed by atoms with E-state index in [-0.39, 0.29) is 31.8 Å². The van der Waals surface area contributed by atoms with Gasteiger partial charge in [-0.05, 0) is 50.2 Å². The van der Waals surface area contributed by atoms with Gasteiger partial charge in [-0.25, -0.2) is 16.8 Å². The standard InChI is InChI=1S/C21H24N4O.2CHF3O3S.Zn/c1-17(2)26-21(20-11-5-8-14-24-20)25(15-18-9-3-6-12-22-18)16-19-10-4-7-13-23-19;2*2-1(3,4)8(5,6)7;/h3-14,17,21H,15-16H2,1-2H3;2*(H,5,6,7);/q;;;+2/p-2. The number of halogens is 6. The van der Waals surface area contributed by atoms with Crippen molar-refractivity contribution in [3.63, 3.8) is 0 Å². The van der Waals surface area contributed by atoms with E-state index in [9.17, 15) is 26.3 Å². The van der Waals surface area contributed by atoms with Crippen molar-refractivity contribution in [1.29, 1.82) is 0 Å². The van der Waals surface area contributed by atoms with E-state index in [0.29, 0.717) is 13.1 Å². The molecule has 0 fully saturated rings. The van der Waals surface area contributed by atoms with Crippen LogP contribution in [0.4, 0.5) is 26.3 Å². The largest absolute Gasteiger partial charge is 2.00 e. The Balaban J connectivity index is 0.000000860. The summed E-state index contributed by atoms with van der Waals surface area (Å²) in [7, 11) is -12.2. The molecule has 3 heterocycles. The summed E-state index contributed by atoms with van der Waals surface area (Å²) in [6.45, 7) is 5.36. The monoisotopic (exact) mass is 710 g/mol. The molecule has 43 heavy (non-hydrogen) atoms. The second kappa shape index (κ2) is 17.6. The van der Waals surface area contributed by atoms with Crippen LogP contribution in [0.15, 0.2) is 73.2 Å². The van der Waals surface area contributed by atoms with Crippen LogP contribution in [0.1, 0.15) is 37.2 Å². The zero-order chi connectivity index (χ0) is 32.2. The van der Waals surface area contributed by atoms with E-state index in [4.69, 9.17) is 30.7 Å². The van der Waals surface area contributed by atoms with Crippen LogP contribution >= 0.6 is 0 Å². The maximum Gasteiger partial charge on any atom is 2.00 e. The maximum absolute atomic E-state index is 10.7. The molecule has 20 heteroatoms. The first kappa shape index (κ1) is 40.4. The van der Waals surface area contributed by atoms with E-state index >= 15 is 0 Å². The Morgan fingerprint density at radius 2 is 1.07 bits per heavy atom. The molecule has 0 saturated carbocycles. The summed E-state index contributed by atoms with van der Waals surface area (Å²) in [5, 5.41) is 0. The summed E-state index contributed by atoms with van der Waals surface area (Å²) in [5.41, 5.74) is -8.44. The van der Waals surface area contributed by atoms with Crippen LogP contribution < -0.4 is 0 Å². The van der Waals surface area contributed by atoms with E-state index in [0.717, 1.165) is 17.1 Å². The molecule has 0 radical (unpaired) electrons. The quantitative estimate of drug-likeness (QED) is 0.109. The van der Waals surface area contributed by atoms with Crippen LogP contribution in [-0.4, -0.2) is 62.9 Å². The molecule has 0 aromatic carbocycles. The minimum Gasteiger partial charge on any atom is -0.741 e. The predicted octanol–water partition coefficient (Wildman–Crippen LogP) is 4.10. The number of rotatable bonds is 8. The molecular weight excluding hydrogens is 688 g/mol. The van der Waals surface area contributed by atoms with Gasteiger partial charge in [-0.1, -0.05) is 18.2 Å². The van der Waals surface area contributed by atoms with Gasteiger partial charge in [0.15, 0.2) is 26.5 Å². The first-order valence-electron chi connectivity index (χ1n) is 11.4. The number of hydrogen-bond acceptors (Lipinski definition) is 11. The zero-order valence-corrected chi connectivity index (χ0v) is 27.0. The Morgan fingerprint density at radius 3 is 1.33 bits per heavy atom. The molecule has 3 aromatic heterocycles. The van der Waals surface area contributed by atoms with E-state index in [1.807, 2.05) is 80.8 Å². The third kappa shape index (κ3) is 15.6. The predicted molar refractivity (Wildman–Crippen MR) is 132 cm³/mol.